The van der Waals surface area contributed by atoms with Crippen LogP contribution in [-0.4, -0.2) is 32.4 Å². The monoisotopic (exact) mass is 369 g/mol. The average Bonchev–Trinajstić information content (AvgIpc) is 3.08. The Bertz CT molecular complexity index is 895. The number of nitrogens with zero attached hydrogens (tertiary/aromatic N) is 3. The largest absolute Gasteiger partial charge is 0.490 e. The molecule has 0 aliphatic heterocycles. The van der Waals surface area contributed by atoms with Gasteiger partial charge in [-0.25, -0.2) is 9.18 Å². The number of carboxylic acids is 1. The Labute approximate surface area is 144 Å². The highest BCUT2D eigenvalue weighted by molar-refractivity contribution is 5.73. The lowest BCUT2D eigenvalue weighted by Crippen LogP contribution is -2.21. The Morgan fingerprint density at radius 1 is 1.12 bits per heavy atom. The van der Waals surface area contributed by atoms with E-state index in [1.807, 2.05) is 6.07 Å². The minimum atomic E-state index is -5.08. The standard InChI is InChI=1S/C14H10FN3O.C2HF3O2/c1-9-4-5-10(7-12(9)15)13-17-18-14(19-13)11-3-2-6-16-8-11;3-2(4,5)1(6)7/h2-8H,1H3;(H,6,7). The van der Waals surface area contributed by atoms with E-state index in [2.05, 4.69) is 15.2 Å². The van der Waals surface area contributed by atoms with Gasteiger partial charge in [0.1, 0.15) is 5.82 Å². The summed E-state index contributed by atoms with van der Waals surface area (Å²) < 4.78 is 50.8. The number of pyridine rings is 1. The Kier molecular flexibility index (Phi) is 5.65. The van der Waals surface area contributed by atoms with Crippen molar-refractivity contribution in [3.63, 3.8) is 0 Å². The maximum atomic E-state index is 13.5. The third-order valence-electron chi connectivity index (χ3n) is 2.99. The molecule has 0 spiro atoms. The fourth-order valence-corrected chi connectivity index (χ4v) is 1.67. The molecule has 0 saturated carbocycles. The van der Waals surface area contributed by atoms with Gasteiger partial charge in [-0.2, -0.15) is 13.2 Å². The Hall–Kier alpha value is -3.30. The Balaban J connectivity index is 0.000000298. The van der Waals surface area contributed by atoms with Crippen molar-refractivity contribution in [2.45, 2.75) is 13.1 Å². The quantitative estimate of drug-likeness (QED) is 0.690. The summed E-state index contributed by atoms with van der Waals surface area (Å²) in [4.78, 5) is 12.9. The van der Waals surface area contributed by atoms with E-state index in [0.29, 0.717) is 17.0 Å². The van der Waals surface area contributed by atoms with Gasteiger partial charge >= 0.3 is 12.1 Å². The molecule has 0 amide bonds. The average molecular weight is 369 g/mol. The van der Waals surface area contributed by atoms with Gasteiger partial charge in [-0.05, 0) is 36.8 Å². The molecule has 0 radical (unpaired) electrons. The van der Waals surface area contributed by atoms with Gasteiger partial charge in [0.05, 0.1) is 5.56 Å². The molecule has 0 fully saturated rings. The fraction of sp³-hybridized carbons (Fsp3) is 0.125. The van der Waals surface area contributed by atoms with Crippen LogP contribution in [0.2, 0.25) is 0 Å². The van der Waals surface area contributed by atoms with Crippen LogP contribution in [-0.2, 0) is 4.79 Å². The summed E-state index contributed by atoms with van der Waals surface area (Å²) in [6.45, 7) is 1.70. The van der Waals surface area contributed by atoms with Crippen LogP contribution in [0.15, 0.2) is 47.1 Å². The predicted molar refractivity (Wildman–Crippen MR) is 81.4 cm³/mol. The van der Waals surface area contributed by atoms with E-state index >= 15 is 0 Å². The van der Waals surface area contributed by atoms with Crippen molar-refractivity contribution in [3.8, 4) is 22.9 Å². The first-order valence-corrected chi connectivity index (χ1v) is 6.99. The van der Waals surface area contributed by atoms with Gasteiger partial charge in [0.2, 0.25) is 11.8 Å². The molecule has 0 unspecified atom stereocenters. The zero-order chi connectivity index (χ0) is 19.3. The summed E-state index contributed by atoms with van der Waals surface area (Å²) in [6.07, 6.45) is -1.79. The van der Waals surface area contributed by atoms with Crippen LogP contribution < -0.4 is 0 Å². The third-order valence-corrected chi connectivity index (χ3v) is 2.99. The molecule has 0 saturated heterocycles. The van der Waals surface area contributed by atoms with Crippen LogP contribution in [0.4, 0.5) is 17.6 Å². The molecule has 1 aromatic carbocycles. The lowest BCUT2D eigenvalue weighted by atomic mass is 10.1. The lowest BCUT2D eigenvalue weighted by Gasteiger charge is -1.98. The number of benzene rings is 1. The lowest BCUT2D eigenvalue weighted by molar-refractivity contribution is -0.192. The van der Waals surface area contributed by atoms with Crippen molar-refractivity contribution in [2.24, 2.45) is 0 Å². The molecule has 136 valence electrons. The van der Waals surface area contributed by atoms with E-state index in [9.17, 15) is 17.6 Å². The second-order valence-electron chi connectivity index (χ2n) is 4.92. The summed E-state index contributed by atoms with van der Waals surface area (Å²) in [6, 6.07) is 8.41. The molecule has 0 atom stereocenters. The number of carboxylic acid groups (broad SMARTS) is 1. The van der Waals surface area contributed by atoms with Gasteiger partial charge in [0.25, 0.3) is 0 Å². The van der Waals surface area contributed by atoms with Crippen LogP contribution in [0.1, 0.15) is 5.56 Å². The second kappa shape index (κ2) is 7.72. The normalized spacial score (nSPS) is 10.8. The van der Waals surface area contributed by atoms with E-state index in [-0.39, 0.29) is 11.7 Å². The van der Waals surface area contributed by atoms with Crippen LogP contribution >= 0.6 is 0 Å². The molecular weight excluding hydrogens is 358 g/mol. The van der Waals surface area contributed by atoms with E-state index in [0.717, 1.165) is 5.56 Å². The molecule has 26 heavy (non-hydrogen) atoms. The Morgan fingerprint density at radius 3 is 2.23 bits per heavy atom. The van der Waals surface area contributed by atoms with Gasteiger partial charge < -0.3 is 9.52 Å². The molecule has 1 N–H and O–H groups in total. The Morgan fingerprint density at radius 2 is 1.73 bits per heavy atom. The molecule has 3 aromatic rings. The molecule has 2 aromatic heterocycles. The van der Waals surface area contributed by atoms with Crippen LogP contribution in [0.25, 0.3) is 22.9 Å². The van der Waals surface area contributed by atoms with Crippen LogP contribution in [0, 0.1) is 12.7 Å². The summed E-state index contributed by atoms with van der Waals surface area (Å²) in [5.41, 5.74) is 1.87. The smallest absolute Gasteiger partial charge is 0.475 e. The first-order chi connectivity index (χ1) is 12.2. The molecule has 6 nitrogen and oxygen atoms in total. The van der Waals surface area contributed by atoms with Crippen molar-refractivity contribution in [1.29, 1.82) is 0 Å². The third kappa shape index (κ3) is 4.85. The number of carbonyl (C=O) groups is 1. The minimum Gasteiger partial charge on any atom is -0.475 e. The number of hydrogen-bond donors (Lipinski definition) is 1. The molecule has 0 aliphatic rings. The van der Waals surface area contributed by atoms with Gasteiger partial charge in [0, 0.05) is 18.0 Å². The number of aromatic nitrogens is 3. The van der Waals surface area contributed by atoms with Crippen molar-refractivity contribution < 1.29 is 31.9 Å². The van der Waals surface area contributed by atoms with Gasteiger partial charge in [-0.15, -0.1) is 10.2 Å². The van der Waals surface area contributed by atoms with E-state index in [4.69, 9.17) is 14.3 Å². The minimum absolute atomic E-state index is 0.290. The highest BCUT2D eigenvalue weighted by Gasteiger charge is 2.38. The zero-order valence-corrected chi connectivity index (χ0v) is 13.2. The van der Waals surface area contributed by atoms with Crippen molar-refractivity contribution in [1.82, 2.24) is 15.2 Å². The molecule has 10 heteroatoms. The topological polar surface area (TPSA) is 89.1 Å². The molecule has 2 heterocycles. The van der Waals surface area contributed by atoms with Crippen molar-refractivity contribution in [2.75, 3.05) is 0 Å². The van der Waals surface area contributed by atoms with Gasteiger partial charge in [-0.1, -0.05) is 6.07 Å². The number of hydrogen-bond acceptors (Lipinski definition) is 5. The van der Waals surface area contributed by atoms with Crippen LogP contribution in [0.3, 0.4) is 0 Å². The molecule has 0 bridgehead atoms. The molecule has 3 rings (SSSR count). The highest BCUT2D eigenvalue weighted by Crippen LogP contribution is 2.24. The number of alkyl halides is 3. The van der Waals surface area contributed by atoms with Crippen molar-refractivity contribution >= 4 is 5.97 Å². The number of aliphatic carboxylic acids is 1. The zero-order valence-electron chi connectivity index (χ0n) is 13.2. The number of aryl methyl sites for hydroxylation is 1. The van der Waals surface area contributed by atoms with Crippen molar-refractivity contribution in [3.05, 3.63) is 54.1 Å². The maximum Gasteiger partial charge on any atom is 0.490 e. The SMILES string of the molecule is Cc1ccc(-c2nnc(-c3cccnc3)o2)cc1F.O=C(O)C(F)(F)F. The van der Waals surface area contributed by atoms with E-state index in [1.54, 1.807) is 37.5 Å². The second-order valence-corrected chi connectivity index (χ2v) is 4.92. The first-order valence-electron chi connectivity index (χ1n) is 6.99. The van der Waals surface area contributed by atoms with Gasteiger partial charge in [-0.3, -0.25) is 4.98 Å². The highest BCUT2D eigenvalue weighted by atomic mass is 19.4. The predicted octanol–water partition coefficient (Wildman–Crippen LogP) is 3.88. The van der Waals surface area contributed by atoms with E-state index < -0.39 is 12.1 Å². The summed E-state index contributed by atoms with van der Waals surface area (Å²) >= 11 is 0. The molecule has 0 aliphatic carbocycles. The summed E-state index contributed by atoms with van der Waals surface area (Å²) in [5, 5.41) is 15.0. The number of halogens is 4. The summed E-state index contributed by atoms with van der Waals surface area (Å²) in [5.74, 6) is -2.40. The first kappa shape index (κ1) is 19.0. The summed E-state index contributed by atoms with van der Waals surface area (Å²) in [7, 11) is 0. The van der Waals surface area contributed by atoms with E-state index in [1.165, 1.54) is 6.07 Å². The maximum absolute atomic E-state index is 13.5. The number of rotatable bonds is 2. The van der Waals surface area contributed by atoms with Gasteiger partial charge in [0.15, 0.2) is 0 Å². The fourth-order valence-electron chi connectivity index (χ4n) is 1.67. The molecular formula is C16H11F4N3O3. The van der Waals surface area contributed by atoms with Crippen LogP contribution in [0.5, 0.6) is 0 Å².